The normalized spacial score (nSPS) is 26.9. The maximum atomic E-state index is 13.2. The van der Waals surface area contributed by atoms with Gasteiger partial charge in [-0.2, -0.15) is 0 Å². The lowest BCUT2D eigenvalue weighted by Gasteiger charge is -2.56. The predicted octanol–water partition coefficient (Wildman–Crippen LogP) is 0.413. The molecule has 168 valence electrons. The standard InChI is InChI=1S/C21H33N3O6/c1-6-21(2,3)18(26)20(28)24-13-8-7-9-14(24)19(27)23-11-16(25)22(10-15(13)23)12-17(29-4)30-5/h13-15,17H,6-12H2,1-5H3. The fraction of sp³-hybridized carbons (Fsp3) is 0.810. The van der Waals surface area contributed by atoms with Crippen LogP contribution in [-0.4, -0.2) is 96.5 Å². The summed E-state index contributed by atoms with van der Waals surface area (Å²) in [5, 5.41) is 0. The second-order valence-electron chi connectivity index (χ2n) is 9.03. The zero-order chi connectivity index (χ0) is 22.2. The average molecular weight is 424 g/mol. The Balaban J connectivity index is 1.88. The topological polar surface area (TPSA) is 96.5 Å². The van der Waals surface area contributed by atoms with Gasteiger partial charge in [-0.05, 0) is 25.7 Å². The number of rotatable bonds is 7. The number of carbonyl (C=O) groups excluding carboxylic acids is 4. The fourth-order valence-corrected chi connectivity index (χ4v) is 4.66. The van der Waals surface area contributed by atoms with Crippen LogP contribution in [0, 0.1) is 5.41 Å². The van der Waals surface area contributed by atoms with Crippen LogP contribution in [0.1, 0.15) is 46.5 Å². The Bertz CT molecular complexity index is 720. The van der Waals surface area contributed by atoms with Crippen molar-refractivity contribution in [3.8, 4) is 0 Å². The molecule has 3 aliphatic rings. The summed E-state index contributed by atoms with van der Waals surface area (Å²) in [4.78, 5) is 56.8. The second kappa shape index (κ2) is 8.63. The molecule has 0 aromatic carbocycles. The highest BCUT2D eigenvalue weighted by atomic mass is 16.7. The van der Waals surface area contributed by atoms with Crippen molar-refractivity contribution in [2.75, 3.05) is 33.9 Å². The van der Waals surface area contributed by atoms with E-state index in [9.17, 15) is 19.2 Å². The van der Waals surface area contributed by atoms with Gasteiger partial charge in [-0.3, -0.25) is 19.2 Å². The molecule has 30 heavy (non-hydrogen) atoms. The number of piperazine rings is 2. The largest absolute Gasteiger partial charge is 0.354 e. The summed E-state index contributed by atoms with van der Waals surface area (Å²) < 4.78 is 10.4. The van der Waals surface area contributed by atoms with Gasteiger partial charge in [-0.15, -0.1) is 0 Å². The first-order valence-corrected chi connectivity index (χ1v) is 10.7. The van der Waals surface area contributed by atoms with Gasteiger partial charge in [0.05, 0.1) is 18.6 Å². The molecule has 3 saturated heterocycles. The Morgan fingerprint density at radius 2 is 1.80 bits per heavy atom. The molecule has 0 N–H and O–H groups in total. The molecule has 9 nitrogen and oxygen atoms in total. The van der Waals surface area contributed by atoms with E-state index in [1.54, 1.807) is 23.6 Å². The van der Waals surface area contributed by atoms with Crippen LogP contribution in [0.4, 0.5) is 0 Å². The summed E-state index contributed by atoms with van der Waals surface area (Å²) in [6.07, 6.45) is 2.02. The predicted molar refractivity (Wildman–Crippen MR) is 107 cm³/mol. The lowest BCUT2D eigenvalue weighted by atomic mass is 9.80. The molecule has 9 heteroatoms. The van der Waals surface area contributed by atoms with Crippen molar-refractivity contribution in [1.29, 1.82) is 0 Å². The van der Waals surface area contributed by atoms with Crippen molar-refractivity contribution in [2.45, 2.75) is 70.9 Å². The van der Waals surface area contributed by atoms with Crippen LogP contribution in [0.3, 0.4) is 0 Å². The smallest absolute Gasteiger partial charge is 0.291 e. The number of piperidine rings is 1. The zero-order valence-corrected chi connectivity index (χ0v) is 18.6. The number of Topliss-reactive ketones (excluding diaryl/α,β-unsaturated/α-hetero) is 1. The summed E-state index contributed by atoms with van der Waals surface area (Å²) in [5.41, 5.74) is -0.774. The van der Waals surface area contributed by atoms with Crippen LogP contribution in [0.5, 0.6) is 0 Å². The maximum Gasteiger partial charge on any atom is 0.291 e. The average Bonchev–Trinajstić information content (AvgIpc) is 2.75. The van der Waals surface area contributed by atoms with E-state index >= 15 is 0 Å². The zero-order valence-electron chi connectivity index (χ0n) is 18.6. The Hall–Kier alpha value is -2.00. The van der Waals surface area contributed by atoms with Crippen LogP contribution in [0.2, 0.25) is 0 Å². The SMILES string of the molecule is CCC(C)(C)C(=O)C(=O)N1C2CCCC1C1CN(CC(OC)OC)C(=O)CN1C2=O. The molecule has 3 amide bonds. The molecule has 0 radical (unpaired) electrons. The number of hydrogen-bond donors (Lipinski definition) is 0. The number of carbonyl (C=O) groups is 4. The number of amides is 3. The molecule has 0 aromatic rings. The lowest BCUT2D eigenvalue weighted by molar-refractivity contribution is -0.179. The molecular weight excluding hydrogens is 390 g/mol. The number of hydrogen-bond acceptors (Lipinski definition) is 6. The highest BCUT2D eigenvalue weighted by Crippen LogP contribution is 2.37. The summed E-state index contributed by atoms with van der Waals surface area (Å²) in [6, 6.07) is -1.26. The van der Waals surface area contributed by atoms with Crippen LogP contribution >= 0.6 is 0 Å². The summed E-state index contributed by atoms with van der Waals surface area (Å²) in [7, 11) is 3.01. The first-order chi connectivity index (χ1) is 14.2. The van der Waals surface area contributed by atoms with Crippen LogP contribution < -0.4 is 0 Å². The van der Waals surface area contributed by atoms with Gasteiger partial charge in [0.2, 0.25) is 17.6 Å². The van der Waals surface area contributed by atoms with Gasteiger partial charge in [0.15, 0.2) is 6.29 Å². The van der Waals surface area contributed by atoms with Gasteiger partial charge < -0.3 is 24.2 Å². The molecule has 2 bridgehead atoms. The minimum absolute atomic E-state index is 0.0208. The van der Waals surface area contributed by atoms with Crippen LogP contribution in [0.15, 0.2) is 0 Å². The van der Waals surface area contributed by atoms with Gasteiger partial charge in [0.1, 0.15) is 12.6 Å². The van der Waals surface area contributed by atoms with Gasteiger partial charge in [0.25, 0.3) is 5.91 Å². The lowest BCUT2D eigenvalue weighted by Crippen LogP contribution is -2.75. The molecule has 3 unspecified atom stereocenters. The minimum atomic E-state index is -0.774. The Morgan fingerprint density at radius 3 is 2.40 bits per heavy atom. The first-order valence-electron chi connectivity index (χ1n) is 10.7. The van der Waals surface area contributed by atoms with E-state index in [4.69, 9.17) is 9.47 Å². The fourth-order valence-electron chi connectivity index (χ4n) is 4.66. The van der Waals surface area contributed by atoms with Crippen molar-refractivity contribution < 1.29 is 28.7 Å². The Labute approximate surface area is 177 Å². The third-order valence-corrected chi connectivity index (χ3v) is 6.97. The third-order valence-electron chi connectivity index (χ3n) is 6.97. The molecule has 0 spiro atoms. The molecule has 3 heterocycles. The van der Waals surface area contributed by atoms with E-state index < -0.39 is 29.4 Å². The molecule has 3 aliphatic heterocycles. The molecule has 3 rings (SSSR count). The molecule has 3 atom stereocenters. The third kappa shape index (κ3) is 3.85. The summed E-state index contributed by atoms with van der Waals surface area (Å²) in [5.74, 6) is -1.42. The van der Waals surface area contributed by atoms with E-state index in [0.717, 1.165) is 6.42 Å². The second-order valence-corrected chi connectivity index (χ2v) is 9.03. The van der Waals surface area contributed by atoms with Crippen molar-refractivity contribution in [2.24, 2.45) is 5.41 Å². The van der Waals surface area contributed by atoms with Gasteiger partial charge in [0, 0.05) is 26.2 Å². The van der Waals surface area contributed by atoms with E-state index in [-0.39, 0.29) is 37.0 Å². The number of nitrogens with zero attached hydrogens (tertiary/aromatic N) is 3. The van der Waals surface area contributed by atoms with E-state index in [0.29, 0.717) is 25.8 Å². The van der Waals surface area contributed by atoms with Crippen LogP contribution in [-0.2, 0) is 28.7 Å². The molecule has 3 fully saturated rings. The van der Waals surface area contributed by atoms with Crippen molar-refractivity contribution >= 4 is 23.5 Å². The highest BCUT2D eigenvalue weighted by molar-refractivity contribution is 6.38. The first kappa shape index (κ1) is 22.7. The van der Waals surface area contributed by atoms with E-state index in [1.165, 1.54) is 19.1 Å². The van der Waals surface area contributed by atoms with Gasteiger partial charge in [-0.1, -0.05) is 20.8 Å². The summed E-state index contributed by atoms with van der Waals surface area (Å²) >= 11 is 0. The molecule has 0 saturated carbocycles. The number of ether oxygens (including phenoxy) is 2. The monoisotopic (exact) mass is 423 g/mol. The quantitative estimate of drug-likeness (QED) is 0.435. The highest BCUT2D eigenvalue weighted by Gasteiger charge is 2.55. The number of methoxy groups -OCH3 is 2. The molecule has 0 aliphatic carbocycles. The van der Waals surface area contributed by atoms with Crippen LogP contribution in [0.25, 0.3) is 0 Å². The summed E-state index contributed by atoms with van der Waals surface area (Å²) in [6.45, 7) is 5.92. The Kier molecular flexibility index (Phi) is 6.52. The van der Waals surface area contributed by atoms with E-state index in [2.05, 4.69) is 0 Å². The maximum absolute atomic E-state index is 13.2. The van der Waals surface area contributed by atoms with Crippen molar-refractivity contribution in [1.82, 2.24) is 14.7 Å². The van der Waals surface area contributed by atoms with E-state index in [1.807, 2.05) is 6.92 Å². The van der Waals surface area contributed by atoms with Crippen molar-refractivity contribution in [3.63, 3.8) is 0 Å². The van der Waals surface area contributed by atoms with Gasteiger partial charge >= 0.3 is 0 Å². The van der Waals surface area contributed by atoms with Gasteiger partial charge in [-0.25, -0.2) is 0 Å². The minimum Gasteiger partial charge on any atom is -0.354 e. The number of ketones is 1. The molecule has 0 aromatic heterocycles. The molecular formula is C21H33N3O6. The van der Waals surface area contributed by atoms with Crippen molar-refractivity contribution in [3.05, 3.63) is 0 Å². The Morgan fingerprint density at radius 1 is 1.13 bits per heavy atom. The number of fused-ring (bicyclic) bond motifs is 4.